The Morgan fingerprint density at radius 2 is 2.16 bits per heavy atom. The van der Waals surface area contributed by atoms with Crippen molar-refractivity contribution in [3.05, 3.63) is 57.9 Å². The van der Waals surface area contributed by atoms with Crippen molar-refractivity contribution < 1.29 is 4.39 Å². The highest BCUT2D eigenvalue weighted by Crippen LogP contribution is 2.20. The number of aromatic nitrogens is 2. The second-order valence-corrected chi connectivity index (χ2v) is 4.91. The van der Waals surface area contributed by atoms with E-state index < -0.39 is 5.82 Å². The van der Waals surface area contributed by atoms with Gasteiger partial charge in [-0.1, -0.05) is 23.7 Å². The second kappa shape index (κ2) is 5.63. The molecule has 100 valence electrons. The van der Waals surface area contributed by atoms with Crippen LogP contribution in [0.5, 0.6) is 0 Å². The van der Waals surface area contributed by atoms with Crippen LogP contribution in [-0.2, 0) is 6.42 Å². The van der Waals surface area contributed by atoms with Crippen LogP contribution in [0, 0.1) is 12.7 Å². The van der Waals surface area contributed by atoms with Gasteiger partial charge in [0.05, 0.1) is 5.02 Å². The third-order valence-corrected chi connectivity index (χ3v) is 3.23. The second-order valence-electron chi connectivity index (χ2n) is 4.51. The van der Waals surface area contributed by atoms with Crippen LogP contribution in [0.15, 0.2) is 24.4 Å². The lowest BCUT2D eigenvalue weighted by Crippen LogP contribution is -2.10. The summed E-state index contributed by atoms with van der Waals surface area (Å²) >= 11 is 5.75. The van der Waals surface area contributed by atoms with E-state index >= 15 is 0 Å². The van der Waals surface area contributed by atoms with Crippen LogP contribution >= 0.6 is 11.6 Å². The predicted molar refractivity (Wildman–Crippen MR) is 73.6 cm³/mol. The summed E-state index contributed by atoms with van der Waals surface area (Å²) < 4.78 is 13.8. The molecule has 3 nitrogen and oxygen atoms in total. The summed E-state index contributed by atoms with van der Waals surface area (Å²) in [4.78, 5) is 8.59. The minimum atomic E-state index is -0.415. The van der Waals surface area contributed by atoms with E-state index in [1.54, 1.807) is 18.3 Å². The molecule has 5 heteroatoms. The first kappa shape index (κ1) is 13.9. The average Bonchev–Trinajstić information content (AvgIpc) is 2.34. The van der Waals surface area contributed by atoms with E-state index in [2.05, 4.69) is 9.97 Å². The Morgan fingerprint density at radius 1 is 1.42 bits per heavy atom. The van der Waals surface area contributed by atoms with Gasteiger partial charge in [0, 0.05) is 29.9 Å². The fraction of sp³-hybridized carbons (Fsp3) is 0.286. The van der Waals surface area contributed by atoms with E-state index in [9.17, 15) is 4.39 Å². The van der Waals surface area contributed by atoms with Gasteiger partial charge in [-0.15, -0.1) is 0 Å². The topological polar surface area (TPSA) is 51.8 Å². The monoisotopic (exact) mass is 279 g/mol. The first-order valence-electron chi connectivity index (χ1n) is 6.00. The molecule has 0 unspecified atom stereocenters. The standard InChI is InChI=1S/C14H15ClFN3/c1-8(17)11-7-18-13(19-9(11)2)6-10-4-3-5-12(15)14(10)16/h3-5,7-8H,6,17H2,1-2H3/t8-/m1/s1. The Labute approximate surface area is 116 Å². The molecule has 0 aliphatic carbocycles. The van der Waals surface area contributed by atoms with Gasteiger partial charge in [0.25, 0.3) is 0 Å². The fourth-order valence-electron chi connectivity index (χ4n) is 1.91. The highest BCUT2D eigenvalue weighted by molar-refractivity contribution is 6.30. The number of benzene rings is 1. The molecule has 2 rings (SSSR count). The van der Waals surface area contributed by atoms with Crippen LogP contribution in [0.1, 0.15) is 35.6 Å². The first-order chi connectivity index (χ1) is 8.99. The van der Waals surface area contributed by atoms with Crippen molar-refractivity contribution in [2.45, 2.75) is 26.3 Å². The third kappa shape index (κ3) is 3.08. The minimum absolute atomic E-state index is 0.112. The quantitative estimate of drug-likeness (QED) is 0.939. The van der Waals surface area contributed by atoms with Crippen molar-refractivity contribution in [1.29, 1.82) is 0 Å². The maximum Gasteiger partial charge on any atom is 0.145 e. The molecule has 0 amide bonds. The Balaban J connectivity index is 2.29. The minimum Gasteiger partial charge on any atom is -0.324 e. The van der Waals surface area contributed by atoms with E-state index in [-0.39, 0.29) is 11.1 Å². The molecule has 1 heterocycles. The van der Waals surface area contributed by atoms with Gasteiger partial charge in [-0.05, 0) is 25.5 Å². The largest absolute Gasteiger partial charge is 0.324 e. The number of aryl methyl sites for hydroxylation is 1. The number of hydrogen-bond acceptors (Lipinski definition) is 3. The molecule has 2 N–H and O–H groups in total. The van der Waals surface area contributed by atoms with Crippen LogP contribution in [-0.4, -0.2) is 9.97 Å². The first-order valence-corrected chi connectivity index (χ1v) is 6.37. The Morgan fingerprint density at radius 3 is 2.79 bits per heavy atom. The Kier molecular flexibility index (Phi) is 4.12. The number of hydrogen-bond donors (Lipinski definition) is 1. The van der Waals surface area contributed by atoms with E-state index in [0.717, 1.165) is 11.3 Å². The lowest BCUT2D eigenvalue weighted by Gasteiger charge is -2.10. The molecule has 0 aliphatic heterocycles. The Hall–Kier alpha value is -1.52. The van der Waals surface area contributed by atoms with Gasteiger partial charge < -0.3 is 5.73 Å². The number of nitrogens with two attached hydrogens (primary N) is 1. The zero-order valence-corrected chi connectivity index (χ0v) is 11.6. The van der Waals surface area contributed by atoms with Crippen LogP contribution < -0.4 is 5.73 Å². The van der Waals surface area contributed by atoms with Gasteiger partial charge in [-0.25, -0.2) is 14.4 Å². The normalized spacial score (nSPS) is 12.5. The van der Waals surface area contributed by atoms with E-state index in [1.807, 2.05) is 13.8 Å². The van der Waals surface area contributed by atoms with Crippen LogP contribution in [0.25, 0.3) is 0 Å². The highest BCUT2D eigenvalue weighted by atomic mass is 35.5. The van der Waals surface area contributed by atoms with Crippen LogP contribution in [0.2, 0.25) is 5.02 Å². The SMILES string of the molecule is Cc1nc(Cc2cccc(Cl)c2F)ncc1[C@@H](C)N. The number of rotatable bonds is 3. The average molecular weight is 280 g/mol. The zero-order valence-electron chi connectivity index (χ0n) is 10.8. The molecule has 0 fully saturated rings. The van der Waals surface area contributed by atoms with E-state index in [1.165, 1.54) is 6.07 Å². The van der Waals surface area contributed by atoms with Crippen LogP contribution in [0.4, 0.5) is 4.39 Å². The number of nitrogens with zero attached hydrogens (tertiary/aromatic N) is 2. The summed E-state index contributed by atoms with van der Waals surface area (Å²) in [5, 5.41) is 0.112. The summed E-state index contributed by atoms with van der Waals surface area (Å²) in [5.41, 5.74) is 8.01. The number of halogens is 2. The third-order valence-electron chi connectivity index (χ3n) is 2.94. The molecular weight excluding hydrogens is 265 g/mol. The summed E-state index contributed by atoms with van der Waals surface area (Å²) in [6.45, 7) is 3.75. The van der Waals surface area contributed by atoms with Crippen molar-refractivity contribution in [3.8, 4) is 0 Å². The van der Waals surface area contributed by atoms with Gasteiger partial charge >= 0.3 is 0 Å². The zero-order chi connectivity index (χ0) is 14.0. The van der Waals surface area contributed by atoms with Gasteiger partial charge in [0.15, 0.2) is 0 Å². The molecule has 1 aromatic heterocycles. The molecule has 19 heavy (non-hydrogen) atoms. The maximum atomic E-state index is 13.8. The highest BCUT2D eigenvalue weighted by Gasteiger charge is 2.11. The smallest absolute Gasteiger partial charge is 0.145 e. The van der Waals surface area contributed by atoms with Gasteiger partial charge in [0.2, 0.25) is 0 Å². The molecule has 0 spiro atoms. The fourth-order valence-corrected chi connectivity index (χ4v) is 2.11. The maximum absolute atomic E-state index is 13.8. The Bertz CT molecular complexity index is 599. The lowest BCUT2D eigenvalue weighted by molar-refractivity contribution is 0.612. The molecule has 0 bridgehead atoms. The van der Waals surface area contributed by atoms with Crippen molar-refractivity contribution in [2.24, 2.45) is 5.73 Å². The molecule has 0 saturated carbocycles. The van der Waals surface area contributed by atoms with Gasteiger partial charge in [0.1, 0.15) is 11.6 Å². The van der Waals surface area contributed by atoms with E-state index in [4.69, 9.17) is 17.3 Å². The molecule has 0 radical (unpaired) electrons. The summed E-state index contributed by atoms with van der Waals surface area (Å²) in [5.74, 6) is 0.143. The summed E-state index contributed by atoms with van der Waals surface area (Å²) in [7, 11) is 0. The molecule has 0 saturated heterocycles. The summed E-state index contributed by atoms with van der Waals surface area (Å²) in [6, 6.07) is 4.80. The molecule has 1 atom stereocenters. The van der Waals surface area contributed by atoms with Gasteiger partial charge in [-0.2, -0.15) is 0 Å². The predicted octanol–water partition coefficient (Wildman–Crippen LogP) is 3.19. The van der Waals surface area contributed by atoms with Crippen molar-refractivity contribution in [3.63, 3.8) is 0 Å². The van der Waals surface area contributed by atoms with Crippen molar-refractivity contribution >= 4 is 11.6 Å². The van der Waals surface area contributed by atoms with Crippen molar-refractivity contribution in [1.82, 2.24) is 9.97 Å². The van der Waals surface area contributed by atoms with Crippen LogP contribution in [0.3, 0.4) is 0 Å². The van der Waals surface area contributed by atoms with E-state index in [0.29, 0.717) is 17.8 Å². The molecule has 1 aromatic carbocycles. The van der Waals surface area contributed by atoms with Crippen molar-refractivity contribution in [2.75, 3.05) is 0 Å². The summed E-state index contributed by atoms with van der Waals surface area (Å²) in [6.07, 6.45) is 2.01. The molecular formula is C14H15ClFN3. The van der Waals surface area contributed by atoms with Gasteiger partial charge in [-0.3, -0.25) is 0 Å². The lowest BCUT2D eigenvalue weighted by atomic mass is 10.1. The molecule has 2 aromatic rings. The molecule has 0 aliphatic rings.